The van der Waals surface area contributed by atoms with Crippen molar-refractivity contribution in [2.45, 2.75) is 33.2 Å². The molecule has 4 aromatic rings. The smallest absolute Gasteiger partial charge is 0.277 e. The molecule has 0 aromatic carbocycles. The van der Waals surface area contributed by atoms with Crippen molar-refractivity contribution in [1.29, 1.82) is 0 Å². The zero-order chi connectivity index (χ0) is 23.7. The molecule has 11 heteroatoms. The molecule has 0 bridgehead atoms. The van der Waals surface area contributed by atoms with Crippen LogP contribution in [-0.2, 0) is 7.05 Å². The minimum atomic E-state index is -0.315. The van der Waals surface area contributed by atoms with Gasteiger partial charge >= 0.3 is 0 Å². The zero-order valence-corrected chi connectivity index (χ0v) is 20.8. The summed E-state index contributed by atoms with van der Waals surface area (Å²) in [5, 5.41) is 16.4. The lowest BCUT2D eigenvalue weighted by Crippen LogP contribution is -2.30. The van der Waals surface area contributed by atoms with Crippen LogP contribution in [0.1, 0.15) is 44.9 Å². The van der Waals surface area contributed by atoms with Crippen LogP contribution in [-0.4, -0.2) is 47.3 Å². The van der Waals surface area contributed by atoms with Crippen LogP contribution in [0.3, 0.4) is 0 Å². The summed E-state index contributed by atoms with van der Waals surface area (Å²) in [5.74, 6) is 1.30. The molecule has 0 aliphatic carbocycles. The lowest BCUT2D eigenvalue weighted by atomic mass is 10.1. The normalized spacial score (nSPS) is 12.3. The van der Waals surface area contributed by atoms with E-state index in [4.69, 9.17) is 0 Å². The molecule has 0 aliphatic heterocycles. The first-order valence-corrected chi connectivity index (χ1v) is 12.6. The van der Waals surface area contributed by atoms with Crippen molar-refractivity contribution in [1.82, 2.24) is 34.7 Å². The fourth-order valence-corrected chi connectivity index (χ4v) is 5.17. The first-order chi connectivity index (χ1) is 15.8. The number of carbonyl (C=O) groups is 1. The second kappa shape index (κ2) is 9.44. The molecule has 0 spiro atoms. The Morgan fingerprint density at radius 2 is 2.00 bits per heavy atom. The third-order valence-corrected chi connectivity index (χ3v) is 7.33. The van der Waals surface area contributed by atoms with Gasteiger partial charge in [0.05, 0.1) is 23.0 Å². The van der Waals surface area contributed by atoms with Gasteiger partial charge in [0.2, 0.25) is 0 Å². The van der Waals surface area contributed by atoms with E-state index in [1.54, 1.807) is 25.7 Å². The topological polar surface area (TPSA) is 107 Å². The van der Waals surface area contributed by atoms with Gasteiger partial charge in [0.1, 0.15) is 9.88 Å². The van der Waals surface area contributed by atoms with Crippen molar-refractivity contribution in [3.63, 3.8) is 0 Å². The number of amides is 1. The quantitative estimate of drug-likeness (QED) is 0.430. The minimum absolute atomic E-state index is 0.230. The molecule has 4 rings (SSSR count). The third-order valence-electron chi connectivity index (χ3n) is 5.51. The number of fused-ring (bicyclic) bond motifs is 1. The summed E-state index contributed by atoms with van der Waals surface area (Å²) in [6.07, 6.45) is 4.62. The number of nitrogens with zero attached hydrogens (tertiary/aromatic N) is 6. The maximum atomic E-state index is 13.3. The third kappa shape index (κ3) is 4.42. The van der Waals surface area contributed by atoms with Gasteiger partial charge in [0.15, 0.2) is 11.5 Å². The molecule has 0 saturated carbocycles. The first kappa shape index (κ1) is 23.1. The van der Waals surface area contributed by atoms with Gasteiger partial charge in [0.25, 0.3) is 11.5 Å². The largest absolute Gasteiger partial charge is 0.341 e. The molecule has 4 heterocycles. The van der Waals surface area contributed by atoms with E-state index in [1.807, 2.05) is 48.9 Å². The van der Waals surface area contributed by atoms with Crippen LogP contribution in [0.5, 0.6) is 0 Å². The van der Waals surface area contributed by atoms with Gasteiger partial charge < -0.3 is 5.32 Å². The van der Waals surface area contributed by atoms with Crippen molar-refractivity contribution in [2.75, 3.05) is 12.0 Å². The molecule has 1 unspecified atom stereocenters. The van der Waals surface area contributed by atoms with E-state index in [0.717, 1.165) is 22.7 Å². The molecular weight excluding hydrogens is 458 g/mol. The summed E-state index contributed by atoms with van der Waals surface area (Å²) in [7, 11) is 1.62. The molecule has 1 atom stereocenters. The van der Waals surface area contributed by atoms with E-state index < -0.39 is 0 Å². The summed E-state index contributed by atoms with van der Waals surface area (Å²) in [6, 6.07) is 5.37. The predicted molar refractivity (Wildman–Crippen MR) is 131 cm³/mol. The second-order valence-corrected chi connectivity index (χ2v) is 9.73. The van der Waals surface area contributed by atoms with E-state index in [-0.39, 0.29) is 17.5 Å². The van der Waals surface area contributed by atoms with Crippen molar-refractivity contribution >= 4 is 34.7 Å². The molecule has 33 heavy (non-hydrogen) atoms. The number of pyridine rings is 1. The Morgan fingerprint density at radius 3 is 2.76 bits per heavy atom. The minimum Gasteiger partial charge on any atom is -0.341 e. The summed E-state index contributed by atoms with van der Waals surface area (Å²) in [6.45, 7) is 5.49. The summed E-state index contributed by atoms with van der Waals surface area (Å²) in [5.41, 5.74) is 3.09. The van der Waals surface area contributed by atoms with Gasteiger partial charge in [-0.15, -0.1) is 21.5 Å². The molecule has 0 aliphatic rings. The van der Waals surface area contributed by atoms with Gasteiger partial charge in [-0.1, -0.05) is 6.07 Å². The van der Waals surface area contributed by atoms with Crippen LogP contribution in [0.4, 0.5) is 0 Å². The lowest BCUT2D eigenvalue weighted by molar-refractivity contribution is 0.0937. The van der Waals surface area contributed by atoms with E-state index in [2.05, 4.69) is 25.6 Å². The van der Waals surface area contributed by atoms with Crippen LogP contribution >= 0.6 is 23.1 Å². The Labute approximate surface area is 199 Å². The molecule has 1 N–H and O–H groups in total. The highest BCUT2D eigenvalue weighted by Gasteiger charge is 2.25. The van der Waals surface area contributed by atoms with Crippen molar-refractivity contribution in [2.24, 2.45) is 7.05 Å². The molecule has 0 radical (unpaired) electrons. The highest BCUT2D eigenvalue weighted by atomic mass is 32.2. The maximum Gasteiger partial charge on any atom is 0.277 e. The van der Waals surface area contributed by atoms with E-state index >= 15 is 0 Å². The molecule has 9 nitrogen and oxygen atoms in total. The fraction of sp³-hybridized carbons (Fsp3) is 0.364. The van der Waals surface area contributed by atoms with Gasteiger partial charge in [-0.2, -0.15) is 16.9 Å². The molecule has 0 saturated heterocycles. The fourth-order valence-electron chi connectivity index (χ4n) is 3.64. The Morgan fingerprint density at radius 1 is 1.21 bits per heavy atom. The monoisotopic (exact) mass is 483 g/mol. The molecule has 172 valence electrons. The molecular formula is C22H25N7O2S2. The molecule has 4 aromatic heterocycles. The van der Waals surface area contributed by atoms with Crippen molar-refractivity contribution in [3.05, 3.63) is 62.4 Å². The summed E-state index contributed by atoms with van der Waals surface area (Å²) >= 11 is 2.93. The number of hydrogen-bond acceptors (Lipinski definition) is 8. The van der Waals surface area contributed by atoms with Gasteiger partial charge in [0, 0.05) is 13.2 Å². The summed E-state index contributed by atoms with van der Waals surface area (Å²) in [4.78, 5) is 31.1. The summed E-state index contributed by atoms with van der Waals surface area (Å²) < 4.78 is 3.20. The van der Waals surface area contributed by atoms with Crippen LogP contribution in [0.15, 0.2) is 29.2 Å². The number of thioether (sulfide) groups is 1. The predicted octanol–water partition coefficient (Wildman–Crippen LogP) is 3.10. The number of aryl methyl sites for hydroxylation is 3. The number of hydrogen-bond donors (Lipinski definition) is 1. The van der Waals surface area contributed by atoms with E-state index in [9.17, 15) is 9.59 Å². The molecule has 1 amide bonds. The van der Waals surface area contributed by atoms with E-state index in [1.165, 1.54) is 16.0 Å². The number of aromatic nitrogens is 6. The number of rotatable bonds is 7. The Balaban J connectivity index is 1.68. The Kier molecular flexibility index (Phi) is 6.61. The first-order valence-electron chi connectivity index (χ1n) is 10.4. The van der Waals surface area contributed by atoms with Gasteiger partial charge in [-0.05, 0) is 56.9 Å². The Bertz CT molecular complexity index is 1390. The van der Waals surface area contributed by atoms with Crippen LogP contribution in [0.2, 0.25) is 0 Å². The van der Waals surface area contributed by atoms with Crippen molar-refractivity contribution in [3.8, 4) is 10.6 Å². The Hall–Kier alpha value is -3.05. The van der Waals surface area contributed by atoms with Crippen LogP contribution in [0, 0.1) is 20.8 Å². The average molecular weight is 484 g/mol. The lowest BCUT2D eigenvalue weighted by Gasteiger charge is -2.16. The van der Waals surface area contributed by atoms with Gasteiger partial charge in [-0.25, -0.2) is 9.67 Å². The molecule has 0 fully saturated rings. The highest BCUT2D eigenvalue weighted by molar-refractivity contribution is 7.98. The van der Waals surface area contributed by atoms with Crippen molar-refractivity contribution < 1.29 is 4.79 Å². The highest BCUT2D eigenvalue weighted by Crippen LogP contribution is 2.29. The number of nitrogens with one attached hydrogen (secondary N) is 1. The zero-order valence-electron chi connectivity index (χ0n) is 19.1. The van der Waals surface area contributed by atoms with Crippen LogP contribution in [0.25, 0.3) is 16.2 Å². The standard InChI is InChI=1S/C22H25N7O2S2/c1-12-13(2)27-28(4)22(31)17(12)21-23-14(3)18(33-21)20(30)24-15(9-11-32-5)19-26-25-16-8-6-7-10-29(16)19/h6-8,10,15H,9,11H2,1-5H3,(H,24,30). The SMILES string of the molecule is CSCCC(NC(=O)c1sc(-c2c(C)c(C)nn(C)c2=O)nc1C)c1nnc2ccccn12. The number of thiazole rings is 1. The maximum absolute atomic E-state index is 13.3. The van der Waals surface area contributed by atoms with E-state index in [0.29, 0.717) is 33.4 Å². The van der Waals surface area contributed by atoms with Gasteiger partial charge in [-0.3, -0.25) is 14.0 Å². The van der Waals surface area contributed by atoms with Crippen LogP contribution < -0.4 is 10.9 Å². The second-order valence-electron chi connectivity index (χ2n) is 7.74. The average Bonchev–Trinajstić information content (AvgIpc) is 3.39. The number of carbonyl (C=O) groups excluding carboxylic acids is 1.